The van der Waals surface area contributed by atoms with Crippen LogP contribution in [-0.2, 0) is 4.74 Å². The van der Waals surface area contributed by atoms with Gasteiger partial charge in [-0.25, -0.2) is 4.98 Å². The van der Waals surface area contributed by atoms with Crippen molar-refractivity contribution in [3.05, 3.63) is 28.1 Å². The Morgan fingerprint density at radius 3 is 2.91 bits per heavy atom. The number of ether oxygens (including phenoxy) is 1. The minimum atomic E-state index is -0.597. The number of hydrogen-bond donors (Lipinski definition) is 2. The van der Waals surface area contributed by atoms with E-state index in [1.54, 1.807) is 18.4 Å². The van der Waals surface area contributed by atoms with Gasteiger partial charge >= 0.3 is 0 Å². The van der Waals surface area contributed by atoms with E-state index in [9.17, 15) is 9.90 Å². The van der Waals surface area contributed by atoms with Crippen LogP contribution < -0.4 is 5.32 Å². The Labute approximate surface area is 138 Å². The van der Waals surface area contributed by atoms with Crippen molar-refractivity contribution in [3.63, 3.8) is 0 Å². The minimum absolute atomic E-state index is 0.0116. The molecule has 0 saturated heterocycles. The molecule has 0 bridgehead atoms. The second-order valence-corrected chi connectivity index (χ2v) is 7.28. The number of aryl methyl sites for hydroxylation is 1. The van der Waals surface area contributed by atoms with E-state index in [0.717, 1.165) is 15.6 Å². The molecular weight excluding hydrogens is 320 g/mol. The Bertz CT molecular complexity index is 617. The molecule has 2 heterocycles. The normalized spacial score (nSPS) is 13.8. The van der Waals surface area contributed by atoms with Crippen molar-refractivity contribution in [3.8, 4) is 9.88 Å². The van der Waals surface area contributed by atoms with Crippen LogP contribution in [0.25, 0.3) is 9.88 Å². The van der Waals surface area contributed by atoms with Gasteiger partial charge in [0.2, 0.25) is 0 Å². The lowest BCUT2D eigenvalue weighted by atomic mass is 9.99. The van der Waals surface area contributed by atoms with Crippen molar-refractivity contribution < 1.29 is 14.6 Å². The lowest BCUT2D eigenvalue weighted by Gasteiger charge is -2.29. The first kappa shape index (κ1) is 17.1. The molecule has 120 valence electrons. The maximum absolute atomic E-state index is 12.5. The zero-order chi connectivity index (χ0) is 16.2. The lowest BCUT2D eigenvalue weighted by Crippen LogP contribution is -2.50. The highest BCUT2D eigenvalue weighted by Crippen LogP contribution is 2.31. The van der Waals surface area contributed by atoms with Crippen molar-refractivity contribution in [1.82, 2.24) is 10.3 Å². The summed E-state index contributed by atoms with van der Waals surface area (Å²) in [6.45, 7) is 4.03. The number of nitrogens with zero attached hydrogens (tertiary/aromatic N) is 1. The largest absolute Gasteiger partial charge is 0.396 e. The molecule has 0 aliphatic carbocycles. The summed E-state index contributed by atoms with van der Waals surface area (Å²) in [5.41, 5.74) is 0.120. The molecule has 2 aromatic rings. The summed E-state index contributed by atoms with van der Waals surface area (Å²) >= 11 is 2.99. The highest BCUT2D eigenvalue weighted by atomic mass is 32.1. The molecule has 0 aliphatic heterocycles. The molecule has 1 unspecified atom stereocenters. The van der Waals surface area contributed by atoms with Gasteiger partial charge in [-0.15, -0.1) is 22.7 Å². The molecule has 1 atom stereocenters. The number of thiazole rings is 1. The van der Waals surface area contributed by atoms with Gasteiger partial charge in [-0.2, -0.15) is 0 Å². The van der Waals surface area contributed by atoms with Crippen molar-refractivity contribution >= 4 is 28.6 Å². The van der Waals surface area contributed by atoms with Gasteiger partial charge in [-0.1, -0.05) is 6.07 Å². The van der Waals surface area contributed by atoms with Crippen LogP contribution in [0.5, 0.6) is 0 Å². The molecule has 0 radical (unpaired) electrons. The molecule has 7 heteroatoms. The first-order valence-corrected chi connectivity index (χ1v) is 8.62. The standard InChI is InChI=1S/C15H20N2O3S2/c1-10-12(22-14(16-10)11-5-4-8-21-11)13(19)17-15(2,6-7-18)9-20-3/h4-5,8,18H,6-7,9H2,1-3H3,(H,17,19). The van der Waals surface area contributed by atoms with Crippen LogP contribution in [-0.4, -0.2) is 41.9 Å². The van der Waals surface area contributed by atoms with Crippen molar-refractivity contribution in [2.45, 2.75) is 25.8 Å². The quantitative estimate of drug-likeness (QED) is 0.813. The second kappa shape index (κ2) is 7.32. The number of thiophene rings is 1. The molecule has 22 heavy (non-hydrogen) atoms. The topological polar surface area (TPSA) is 71.5 Å². The van der Waals surface area contributed by atoms with Crippen LogP contribution in [0, 0.1) is 6.92 Å². The van der Waals surface area contributed by atoms with Crippen molar-refractivity contribution in [2.24, 2.45) is 0 Å². The second-order valence-electron chi connectivity index (χ2n) is 5.33. The summed E-state index contributed by atoms with van der Waals surface area (Å²) in [6.07, 6.45) is 0.433. The Morgan fingerprint density at radius 1 is 1.55 bits per heavy atom. The Morgan fingerprint density at radius 2 is 2.32 bits per heavy atom. The summed E-state index contributed by atoms with van der Waals surface area (Å²) in [4.78, 5) is 18.7. The van der Waals surface area contributed by atoms with E-state index < -0.39 is 5.54 Å². The fourth-order valence-corrected chi connectivity index (χ4v) is 3.94. The fraction of sp³-hybridized carbons (Fsp3) is 0.467. The number of aliphatic hydroxyl groups excluding tert-OH is 1. The number of aromatic nitrogens is 1. The third-order valence-electron chi connectivity index (χ3n) is 3.28. The average molecular weight is 340 g/mol. The Balaban J connectivity index is 2.19. The lowest BCUT2D eigenvalue weighted by molar-refractivity contribution is 0.0728. The van der Waals surface area contributed by atoms with Gasteiger partial charge in [0.15, 0.2) is 0 Å². The van der Waals surface area contributed by atoms with Gasteiger partial charge in [-0.05, 0) is 31.7 Å². The zero-order valence-corrected chi connectivity index (χ0v) is 14.5. The van der Waals surface area contributed by atoms with E-state index in [1.807, 2.05) is 31.4 Å². The third kappa shape index (κ3) is 3.92. The molecule has 2 rings (SSSR count). The molecule has 0 aliphatic rings. The van der Waals surface area contributed by atoms with Gasteiger partial charge in [0.1, 0.15) is 9.88 Å². The van der Waals surface area contributed by atoms with E-state index in [1.165, 1.54) is 11.3 Å². The molecule has 0 saturated carbocycles. The van der Waals surface area contributed by atoms with Gasteiger partial charge in [0.05, 0.1) is 22.7 Å². The summed E-state index contributed by atoms with van der Waals surface area (Å²) in [5, 5.41) is 15.0. The predicted molar refractivity (Wildman–Crippen MR) is 89.6 cm³/mol. The smallest absolute Gasteiger partial charge is 0.263 e. The van der Waals surface area contributed by atoms with Gasteiger partial charge in [0.25, 0.3) is 5.91 Å². The van der Waals surface area contributed by atoms with E-state index in [2.05, 4.69) is 10.3 Å². The van der Waals surface area contributed by atoms with Crippen LogP contribution in [0.1, 0.15) is 28.7 Å². The highest BCUT2D eigenvalue weighted by Gasteiger charge is 2.28. The highest BCUT2D eigenvalue weighted by molar-refractivity contribution is 7.22. The molecule has 5 nitrogen and oxygen atoms in total. The summed E-state index contributed by atoms with van der Waals surface area (Å²) in [5.74, 6) is -0.175. The molecule has 0 aromatic carbocycles. The van der Waals surface area contributed by atoms with E-state index in [0.29, 0.717) is 17.9 Å². The maximum Gasteiger partial charge on any atom is 0.263 e. The summed E-state index contributed by atoms with van der Waals surface area (Å²) in [7, 11) is 1.58. The van der Waals surface area contributed by atoms with E-state index >= 15 is 0 Å². The van der Waals surface area contributed by atoms with Crippen molar-refractivity contribution in [2.75, 3.05) is 20.3 Å². The van der Waals surface area contributed by atoms with Gasteiger partial charge in [-0.3, -0.25) is 4.79 Å². The summed E-state index contributed by atoms with van der Waals surface area (Å²) < 4.78 is 5.15. The number of aliphatic hydroxyl groups is 1. The van der Waals surface area contributed by atoms with Crippen molar-refractivity contribution in [1.29, 1.82) is 0 Å². The van der Waals surface area contributed by atoms with Crippen LogP contribution in [0.2, 0.25) is 0 Å². The predicted octanol–water partition coefficient (Wildman–Crippen LogP) is 2.70. The molecule has 1 amide bonds. The molecule has 0 fully saturated rings. The molecule has 0 spiro atoms. The first-order valence-electron chi connectivity index (χ1n) is 6.93. The number of hydrogen-bond acceptors (Lipinski definition) is 6. The van der Waals surface area contributed by atoms with Gasteiger partial charge in [0, 0.05) is 13.7 Å². The molecule has 2 aromatic heterocycles. The van der Waals surface area contributed by atoms with Crippen LogP contribution in [0.4, 0.5) is 0 Å². The first-order chi connectivity index (χ1) is 10.5. The number of rotatable bonds is 7. The number of carbonyl (C=O) groups is 1. The average Bonchev–Trinajstić information content (AvgIpc) is 3.07. The molecular formula is C15H20N2O3S2. The Hall–Kier alpha value is -1.28. The molecule has 2 N–H and O–H groups in total. The monoisotopic (exact) mass is 340 g/mol. The summed E-state index contributed by atoms with van der Waals surface area (Å²) in [6, 6.07) is 3.96. The number of amides is 1. The number of nitrogens with one attached hydrogen (secondary N) is 1. The maximum atomic E-state index is 12.5. The van der Waals surface area contributed by atoms with Crippen LogP contribution >= 0.6 is 22.7 Å². The number of methoxy groups -OCH3 is 1. The third-order valence-corrected chi connectivity index (χ3v) is 5.47. The van der Waals surface area contributed by atoms with E-state index in [4.69, 9.17) is 4.74 Å². The van der Waals surface area contributed by atoms with Gasteiger partial charge < -0.3 is 15.2 Å². The fourth-order valence-electron chi connectivity index (χ4n) is 2.18. The van der Waals surface area contributed by atoms with Crippen LogP contribution in [0.15, 0.2) is 17.5 Å². The zero-order valence-electron chi connectivity index (χ0n) is 12.9. The Kier molecular flexibility index (Phi) is 5.69. The number of carbonyl (C=O) groups excluding carboxylic acids is 1. The van der Waals surface area contributed by atoms with E-state index in [-0.39, 0.29) is 12.5 Å². The minimum Gasteiger partial charge on any atom is -0.396 e. The SMILES string of the molecule is COCC(C)(CCO)NC(=O)c1sc(-c2cccs2)nc1C. The van der Waals surface area contributed by atoms with Crippen LogP contribution in [0.3, 0.4) is 0 Å².